The van der Waals surface area contributed by atoms with Gasteiger partial charge in [-0.3, -0.25) is 4.79 Å². The molecule has 2 aliphatic carbocycles. The molecule has 1 fully saturated rings. The largest absolute Gasteiger partial charge is 0.309 e. The third-order valence-electron chi connectivity index (χ3n) is 3.06. The maximum absolute atomic E-state index is 11.7. The molecule has 2 aliphatic rings. The lowest BCUT2D eigenvalue weighted by atomic mass is 9.96. The molecule has 0 radical (unpaired) electrons. The van der Waals surface area contributed by atoms with Crippen LogP contribution < -0.4 is 5.32 Å². The van der Waals surface area contributed by atoms with Crippen molar-refractivity contribution in [2.24, 2.45) is 5.92 Å². The third-order valence-corrected chi connectivity index (χ3v) is 3.06. The van der Waals surface area contributed by atoms with E-state index < -0.39 is 0 Å². The van der Waals surface area contributed by atoms with Crippen molar-refractivity contribution >= 4 is 5.78 Å². The van der Waals surface area contributed by atoms with E-state index in [0.29, 0.717) is 12.3 Å². The van der Waals surface area contributed by atoms with E-state index in [1.165, 1.54) is 25.7 Å². The molecule has 1 N–H and O–H groups in total. The molecule has 2 rings (SSSR count). The zero-order chi connectivity index (χ0) is 9.80. The molecule has 78 valence electrons. The van der Waals surface area contributed by atoms with Gasteiger partial charge in [-0.2, -0.15) is 0 Å². The van der Waals surface area contributed by atoms with E-state index in [-0.39, 0.29) is 0 Å². The van der Waals surface area contributed by atoms with Crippen LogP contribution in [0, 0.1) is 5.92 Å². The second kappa shape index (κ2) is 4.74. The van der Waals surface area contributed by atoms with Crippen LogP contribution in [0.1, 0.15) is 38.5 Å². The summed E-state index contributed by atoms with van der Waals surface area (Å²) in [6.45, 7) is 1.60. The molecule has 0 aromatic carbocycles. The first-order valence-electron chi connectivity index (χ1n) is 5.79. The van der Waals surface area contributed by atoms with Gasteiger partial charge in [0.05, 0.1) is 6.54 Å². The molecule has 2 nitrogen and oxygen atoms in total. The van der Waals surface area contributed by atoms with Crippen molar-refractivity contribution in [3.8, 4) is 0 Å². The van der Waals surface area contributed by atoms with Crippen LogP contribution in [-0.2, 0) is 4.79 Å². The van der Waals surface area contributed by atoms with Crippen LogP contribution in [-0.4, -0.2) is 18.9 Å². The van der Waals surface area contributed by atoms with Gasteiger partial charge in [0.15, 0.2) is 5.78 Å². The smallest absolute Gasteiger partial charge is 0.172 e. The Labute approximate surface area is 85.8 Å². The van der Waals surface area contributed by atoms with E-state index >= 15 is 0 Å². The lowest BCUT2D eigenvalue weighted by molar-refractivity contribution is -0.115. The van der Waals surface area contributed by atoms with Crippen molar-refractivity contribution < 1.29 is 4.79 Å². The Morgan fingerprint density at radius 3 is 2.93 bits per heavy atom. The van der Waals surface area contributed by atoms with Crippen molar-refractivity contribution in [1.29, 1.82) is 0 Å². The van der Waals surface area contributed by atoms with Crippen molar-refractivity contribution in [2.45, 2.75) is 38.5 Å². The van der Waals surface area contributed by atoms with E-state index in [2.05, 4.69) is 11.4 Å². The first kappa shape index (κ1) is 9.91. The van der Waals surface area contributed by atoms with Crippen LogP contribution in [0.15, 0.2) is 11.6 Å². The molecule has 0 atom stereocenters. The maximum atomic E-state index is 11.7. The van der Waals surface area contributed by atoms with Gasteiger partial charge in [0, 0.05) is 0 Å². The van der Waals surface area contributed by atoms with Crippen LogP contribution in [0.2, 0.25) is 0 Å². The summed E-state index contributed by atoms with van der Waals surface area (Å²) in [6.07, 6.45) is 9.39. The van der Waals surface area contributed by atoms with Gasteiger partial charge in [0.25, 0.3) is 0 Å². The van der Waals surface area contributed by atoms with Gasteiger partial charge < -0.3 is 5.32 Å². The Morgan fingerprint density at radius 2 is 2.29 bits per heavy atom. The molecular formula is C12H19NO. The molecule has 1 saturated carbocycles. The summed E-state index contributed by atoms with van der Waals surface area (Å²) in [6, 6.07) is 0. The topological polar surface area (TPSA) is 29.1 Å². The molecule has 0 bridgehead atoms. The summed E-state index contributed by atoms with van der Waals surface area (Å²) in [5, 5.41) is 3.25. The number of hydrogen-bond donors (Lipinski definition) is 1. The van der Waals surface area contributed by atoms with Crippen molar-refractivity contribution in [1.82, 2.24) is 5.32 Å². The minimum absolute atomic E-state index is 0.324. The number of ketones is 1. The summed E-state index contributed by atoms with van der Waals surface area (Å²) in [7, 11) is 0. The number of Topliss-reactive ketones (excluding diaryl/α,β-unsaturated/α-hetero) is 1. The van der Waals surface area contributed by atoms with Gasteiger partial charge >= 0.3 is 0 Å². The van der Waals surface area contributed by atoms with Gasteiger partial charge in [-0.1, -0.05) is 6.08 Å². The van der Waals surface area contributed by atoms with Gasteiger partial charge in [-0.25, -0.2) is 0 Å². The number of nitrogens with one attached hydrogen (secondary N) is 1. The molecule has 0 heterocycles. The standard InChI is InChI=1S/C12H19NO/c14-12(9-13-8-10-6-7-10)11-4-2-1-3-5-11/h4,10,13H,1-3,5-9H2. The summed E-state index contributed by atoms with van der Waals surface area (Å²) >= 11 is 0. The minimum atomic E-state index is 0.324. The van der Waals surface area contributed by atoms with Crippen LogP contribution in [0.25, 0.3) is 0 Å². The Balaban J connectivity index is 1.67. The summed E-state index contributed by atoms with van der Waals surface area (Å²) in [4.78, 5) is 11.7. The Hall–Kier alpha value is -0.630. The highest BCUT2D eigenvalue weighted by atomic mass is 16.1. The van der Waals surface area contributed by atoms with Crippen LogP contribution in [0.4, 0.5) is 0 Å². The molecule has 0 saturated heterocycles. The SMILES string of the molecule is O=C(CNCC1CC1)C1=CCCCC1. The van der Waals surface area contributed by atoms with Crippen molar-refractivity contribution in [3.05, 3.63) is 11.6 Å². The fraction of sp³-hybridized carbons (Fsp3) is 0.750. The molecule has 0 aromatic heterocycles. The van der Waals surface area contributed by atoms with E-state index in [1.54, 1.807) is 0 Å². The van der Waals surface area contributed by atoms with Crippen LogP contribution in [0.3, 0.4) is 0 Å². The monoisotopic (exact) mass is 193 g/mol. The molecule has 0 aliphatic heterocycles. The highest BCUT2D eigenvalue weighted by Crippen LogP contribution is 2.27. The molecular weight excluding hydrogens is 174 g/mol. The molecule has 14 heavy (non-hydrogen) atoms. The van der Waals surface area contributed by atoms with E-state index in [9.17, 15) is 4.79 Å². The zero-order valence-electron chi connectivity index (χ0n) is 8.72. The average molecular weight is 193 g/mol. The molecule has 0 unspecified atom stereocenters. The first-order chi connectivity index (χ1) is 6.86. The number of allylic oxidation sites excluding steroid dienone is 1. The fourth-order valence-electron chi connectivity index (χ4n) is 1.92. The van der Waals surface area contributed by atoms with Crippen LogP contribution in [0.5, 0.6) is 0 Å². The molecule has 0 spiro atoms. The highest BCUT2D eigenvalue weighted by molar-refractivity contribution is 5.96. The minimum Gasteiger partial charge on any atom is -0.309 e. The highest BCUT2D eigenvalue weighted by Gasteiger charge is 2.21. The normalized spacial score (nSPS) is 21.9. The number of rotatable bonds is 5. The maximum Gasteiger partial charge on any atom is 0.172 e. The molecule has 0 amide bonds. The Morgan fingerprint density at radius 1 is 1.43 bits per heavy atom. The number of carbonyl (C=O) groups excluding carboxylic acids is 1. The lowest BCUT2D eigenvalue weighted by Crippen LogP contribution is -2.26. The number of hydrogen-bond acceptors (Lipinski definition) is 2. The van der Waals surface area contributed by atoms with E-state index in [1.807, 2.05) is 0 Å². The second-order valence-electron chi connectivity index (χ2n) is 4.47. The fourth-order valence-corrected chi connectivity index (χ4v) is 1.92. The Bertz CT molecular complexity index is 241. The third kappa shape index (κ3) is 2.95. The first-order valence-corrected chi connectivity index (χ1v) is 5.79. The van der Waals surface area contributed by atoms with Crippen molar-refractivity contribution in [3.63, 3.8) is 0 Å². The predicted octanol–water partition coefficient (Wildman–Crippen LogP) is 2.06. The van der Waals surface area contributed by atoms with Gasteiger partial charge in [-0.05, 0) is 56.6 Å². The molecule has 2 heteroatoms. The molecule has 0 aromatic rings. The predicted molar refractivity (Wildman–Crippen MR) is 57.2 cm³/mol. The summed E-state index contributed by atoms with van der Waals surface area (Å²) in [5.41, 5.74) is 1.07. The summed E-state index contributed by atoms with van der Waals surface area (Å²) < 4.78 is 0. The van der Waals surface area contributed by atoms with Crippen molar-refractivity contribution in [2.75, 3.05) is 13.1 Å². The summed E-state index contributed by atoms with van der Waals surface area (Å²) in [5.74, 6) is 1.19. The lowest BCUT2D eigenvalue weighted by Gasteiger charge is -2.11. The van der Waals surface area contributed by atoms with Gasteiger partial charge in [0.1, 0.15) is 0 Å². The van der Waals surface area contributed by atoms with Gasteiger partial charge in [0.2, 0.25) is 0 Å². The average Bonchev–Trinajstić information content (AvgIpc) is 3.03. The second-order valence-corrected chi connectivity index (χ2v) is 4.47. The Kier molecular flexibility index (Phi) is 3.35. The number of carbonyl (C=O) groups is 1. The quantitative estimate of drug-likeness (QED) is 0.724. The zero-order valence-corrected chi connectivity index (χ0v) is 8.72. The van der Waals surface area contributed by atoms with E-state index in [4.69, 9.17) is 0 Å². The van der Waals surface area contributed by atoms with Crippen LogP contribution >= 0.6 is 0 Å². The van der Waals surface area contributed by atoms with E-state index in [0.717, 1.165) is 30.9 Å². The van der Waals surface area contributed by atoms with Gasteiger partial charge in [-0.15, -0.1) is 0 Å².